The van der Waals surface area contributed by atoms with Gasteiger partial charge < -0.3 is 4.74 Å². The van der Waals surface area contributed by atoms with Crippen molar-refractivity contribution in [3.63, 3.8) is 0 Å². The molecule has 2 rings (SSSR count). The van der Waals surface area contributed by atoms with E-state index < -0.39 is 33.3 Å². The number of ketones is 1. The summed E-state index contributed by atoms with van der Waals surface area (Å²) < 4.78 is 44.6. The van der Waals surface area contributed by atoms with E-state index in [9.17, 15) is 22.4 Å². The zero-order chi connectivity index (χ0) is 18.8. The molecule has 1 aliphatic rings. The van der Waals surface area contributed by atoms with Crippen LogP contribution in [0.3, 0.4) is 0 Å². The predicted molar refractivity (Wildman–Crippen MR) is 88.7 cm³/mol. The van der Waals surface area contributed by atoms with Crippen LogP contribution >= 0.6 is 0 Å². The summed E-state index contributed by atoms with van der Waals surface area (Å²) in [5.74, 6) is -1.69. The second-order valence-corrected chi connectivity index (χ2v) is 8.56. The Morgan fingerprint density at radius 1 is 1.16 bits per heavy atom. The van der Waals surface area contributed by atoms with E-state index in [1.807, 2.05) is 0 Å². The van der Waals surface area contributed by atoms with Gasteiger partial charge in [0.1, 0.15) is 5.82 Å². The molecule has 25 heavy (non-hydrogen) atoms. The first-order valence-electron chi connectivity index (χ1n) is 8.03. The first-order chi connectivity index (χ1) is 11.5. The van der Waals surface area contributed by atoms with Gasteiger partial charge in [-0.15, -0.1) is 0 Å². The number of halogens is 1. The van der Waals surface area contributed by atoms with Gasteiger partial charge in [-0.2, -0.15) is 4.31 Å². The fourth-order valence-electron chi connectivity index (χ4n) is 2.49. The molecule has 1 heterocycles. The molecule has 0 bridgehead atoms. The van der Waals surface area contributed by atoms with E-state index in [1.165, 1.54) is 37.2 Å². The van der Waals surface area contributed by atoms with Crippen LogP contribution in [0.15, 0.2) is 29.2 Å². The molecule has 1 saturated heterocycles. The van der Waals surface area contributed by atoms with E-state index in [0.29, 0.717) is 12.8 Å². The molecule has 0 saturated carbocycles. The topological polar surface area (TPSA) is 80.8 Å². The molecule has 1 aromatic rings. The summed E-state index contributed by atoms with van der Waals surface area (Å²) in [7, 11) is -3.72. The second kappa shape index (κ2) is 7.21. The Hall–Kier alpha value is -1.80. The number of Topliss-reactive ketones (excluding diaryl/α,β-unsaturated/α-hetero) is 1. The third kappa shape index (κ3) is 4.43. The highest BCUT2D eigenvalue weighted by Crippen LogP contribution is 2.26. The minimum Gasteiger partial charge on any atom is -0.451 e. The maximum Gasteiger partial charge on any atom is 0.310 e. The molecule has 138 valence electrons. The number of rotatable bonds is 5. The summed E-state index contributed by atoms with van der Waals surface area (Å²) in [6.07, 6.45) is 0.625. The van der Waals surface area contributed by atoms with E-state index >= 15 is 0 Å². The Bertz CT molecular complexity index is 750. The minimum atomic E-state index is -3.72. The molecular weight excluding hydrogens is 349 g/mol. The highest BCUT2D eigenvalue weighted by molar-refractivity contribution is 7.89. The van der Waals surface area contributed by atoms with Gasteiger partial charge in [0.25, 0.3) is 0 Å². The predicted octanol–water partition coefficient (Wildman–Crippen LogP) is 2.14. The van der Waals surface area contributed by atoms with Crippen molar-refractivity contribution in [1.82, 2.24) is 4.31 Å². The molecule has 0 unspecified atom stereocenters. The third-order valence-corrected chi connectivity index (χ3v) is 6.36. The maximum absolute atomic E-state index is 13.0. The number of ether oxygens (including phenoxy) is 1. The molecule has 1 aliphatic heterocycles. The molecular formula is C17H22FNO5S. The van der Waals surface area contributed by atoms with Crippen LogP contribution in [-0.4, -0.2) is 43.2 Å². The maximum atomic E-state index is 13.0. The van der Waals surface area contributed by atoms with E-state index in [4.69, 9.17) is 4.74 Å². The number of sulfonamides is 1. The van der Waals surface area contributed by atoms with Crippen molar-refractivity contribution in [2.75, 3.05) is 13.1 Å². The Balaban J connectivity index is 2.00. The molecule has 0 radical (unpaired) electrons. The number of carbonyl (C=O) groups excluding carboxylic acids is 2. The van der Waals surface area contributed by atoms with Gasteiger partial charge >= 0.3 is 5.97 Å². The highest BCUT2D eigenvalue weighted by Gasteiger charge is 2.36. The Morgan fingerprint density at radius 2 is 1.68 bits per heavy atom. The Morgan fingerprint density at radius 3 is 2.16 bits per heavy atom. The smallest absolute Gasteiger partial charge is 0.310 e. The van der Waals surface area contributed by atoms with Crippen LogP contribution in [0.1, 0.15) is 33.6 Å². The van der Waals surface area contributed by atoms with Crippen molar-refractivity contribution in [2.24, 2.45) is 5.92 Å². The Labute approximate surface area is 147 Å². The minimum absolute atomic E-state index is 0.0210. The van der Waals surface area contributed by atoms with Crippen molar-refractivity contribution < 1.29 is 27.1 Å². The summed E-state index contributed by atoms with van der Waals surface area (Å²) in [6, 6.07) is 4.64. The SMILES string of the molecule is CC(=O)C(C)(C)OC(=O)C1CCN(S(=O)(=O)c2ccc(F)cc2)CC1. The lowest BCUT2D eigenvalue weighted by atomic mass is 9.97. The van der Waals surface area contributed by atoms with Crippen LogP contribution in [0.25, 0.3) is 0 Å². The largest absolute Gasteiger partial charge is 0.451 e. The quantitative estimate of drug-likeness (QED) is 0.741. The average molecular weight is 371 g/mol. The van der Waals surface area contributed by atoms with Crippen LogP contribution < -0.4 is 0 Å². The monoisotopic (exact) mass is 371 g/mol. The number of carbonyl (C=O) groups is 2. The van der Waals surface area contributed by atoms with Gasteiger partial charge in [0.15, 0.2) is 11.4 Å². The molecule has 1 aromatic carbocycles. The zero-order valence-corrected chi connectivity index (χ0v) is 15.3. The zero-order valence-electron chi connectivity index (χ0n) is 14.5. The summed E-state index contributed by atoms with van der Waals surface area (Å²) in [5, 5.41) is 0. The van der Waals surface area contributed by atoms with Crippen LogP contribution in [0.4, 0.5) is 4.39 Å². The molecule has 6 nitrogen and oxygen atoms in total. The van der Waals surface area contributed by atoms with E-state index in [1.54, 1.807) is 0 Å². The van der Waals surface area contributed by atoms with Gasteiger partial charge in [-0.05, 0) is 57.9 Å². The van der Waals surface area contributed by atoms with Gasteiger partial charge in [-0.1, -0.05) is 0 Å². The van der Waals surface area contributed by atoms with Gasteiger partial charge in [0.2, 0.25) is 10.0 Å². The average Bonchev–Trinajstić information content (AvgIpc) is 2.55. The fourth-order valence-corrected chi connectivity index (χ4v) is 3.96. The van der Waals surface area contributed by atoms with Crippen molar-refractivity contribution in [3.8, 4) is 0 Å². The van der Waals surface area contributed by atoms with Crippen LogP contribution in [0.5, 0.6) is 0 Å². The molecule has 8 heteroatoms. The standard InChI is InChI=1S/C17H22FNO5S/c1-12(20)17(2,3)24-16(21)13-8-10-19(11-9-13)25(22,23)15-6-4-14(18)5-7-15/h4-7,13H,8-11H2,1-3H3. The summed E-state index contributed by atoms with van der Waals surface area (Å²) in [4.78, 5) is 23.7. The van der Waals surface area contributed by atoms with Gasteiger partial charge in [0.05, 0.1) is 10.8 Å². The normalized spacial score (nSPS) is 17.3. The molecule has 0 N–H and O–H groups in total. The highest BCUT2D eigenvalue weighted by atomic mass is 32.2. The van der Waals surface area contributed by atoms with Crippen molar-refractivity contribution in [2.45, 2.75) is 44.1 Å². The molecule has 0 atom stereocenters. The van der Waals surface area contributed by atoms with Gasteiger partial charge in [-0.3, -0.25) is 9.59 Å². The molecule has 0 amide bonds. The molecule has 0 aromatic heterocycles. The fraction of sp³-hybridized carbons (Fsp3) is 0.529. The van der Waals surface area contributed by atoms with Crippen LogP contribution in [-0.2, 0) is 24.3 Å². The molecule has 0 aliphatic carbocycles. The summed E-state index contributed by atoms with van der Waals surface area (Å²) in [5.41, 5.74) is -1.19. The molecule has 1 fully saturated rings. The lowest BCUT2D eigenvalue weighted by Crippen LogP contribution is -2.43. The number of benzene rings is 1. The number of hydrogen-bond acceptors (Lipinski definition) is 5. The Kier molecular flexibility index (Phi) is 5.63. The van der Waals surface area contributed by atoms with Crippen LogP contribution in [0, 0.1) is 11.7 Å². The lowest BCUT2D eigenvalue weighted by molar-refractivity contribution is -0.168. The van der Waals surface area contributed by atoms with E-state index in [-0.39, 0.29) is 23.8 Å². The van der Waals surface area contributed by atoms with Crippen molar-refractivity contribution in [3.05, 3.63) is 30.1 Å². The summed E-state index contributed by atoms with van der Waals surface area (Å²) in [6.45, 7) is 4.74. The first-order valence-corrected chi connectivity index (χ1v) is 9.47. The van der Waals surface area contributed by atoms with Crippen molar-refractivity contribution in [1.29, 1.82) is 0 Å². The first kappa shape index (κ1) is 19.5. The second-order valence-electron chi connectivity index (χ2n) is 6.62. The number of hydrogen-bond donors (Lipinski definition) is 0. The summed E-state index contributed by atoms with van der Waals surface area (Å²) >= 11 is 0. The lowest BCUT2D eigenvalue weighted by Gasteiger charge is -2.32. The van der Waals surface area contributed by atoms with Gasteiger partial charge in [-0.25, -0.2) is 12.8 Å². The number of piperidine rings is 1. The number of esters is 1. The van der Waals surface area contributed by atoms with Gasteiger partial charge in [0, 0.05) is 13.1 Å². The van der Waals surface area contributed by atoms with E-state index in [0.717, 1.165) is 12.1 Å². The van der Waals surface area contributed by atoms with Crippen LogP contribution in [0.2, 0.25) is 0 Å². The van der Waals surface area contributed by atoms with Crippen molar-refractivity contribution >= 4 is 21.8 Å². The van der Waals surface area contributed by atoms with E-state index in [2.05, 4.69) is 0 Å². The number of nitrogens with zero attached hydrogens (tertiary/aromatic N) is 1. The molecule has 0 spiro atoms. The third-order valence-electron chi connectivity index (χ3n) is 4.44.